The van der Waals surface area contributed by atoms with Crippen LogP contribution in [0.1, 0.15) is 26.3 Å². The highest BCUT2D eigenvalue weighted by Crippen LogP contribution is 2.39. The molecule has 0 unspecified atom stereocenters. The Labute approximate surface area is 138 Å². The largest absolute Gasteiger partial charge is 0.493 e. The Kier molecular flexibility index (Phi) is 7.39. The lowest BCUT2D eigenvalue weighted by molar-refractivity contribution is -0.108. The lowest BCUT2D eigenvalue weighted by atomic mass is 10.0. The van der Waals surface area contributed by atoms with Crippen LogP contribution in [-0.4, -0.2) is 44.2 Å². The van der Waals surface area contributed by atoms with Gasteiger partial charge in [0.15, 0.2) is 11.5 Å². The van der Waals surface area contributed by atoms with Gasteiger partial charge in [0.1, 0.15) is 12.7 Å². The van der Waals surface area contributed by atoms with Gasteiger partial charge >= 0.3 is 0 Å². The molecule has 0 fully saturated rings. The molecule has 0 aliphatic rings. The maximum Gasteiger partial charge on any atom is 0.203 e. The molecule has 1 atom stereocenters. The first kappa shape index (κ1) is 19.3. The summed E-state index contributed by atoms with van der Waals surface area (Å²) in [5.74, 6) is 1.58. The maximum absolute atomic E-state index is 10.3. The van der Waals surface area contributed by atoms with Gasteiger partial charge in [-0.3, -0.25) is 0 Å². The van der Waals surface area contributed by atoms with Crippen LogP contribution in [0.4, 0.5) is 0 Å². The van der Waals surface area contributed by atoms with Crippen LogP contribution < -0.4 is 14.2 Å². The molecule has 5 heteroatoms. The van der Waals surface area contributed by atoms with Crippen molar-refractivity contribution in [1.82, 2.24) is 0 Å². The molecular weight excluding hydrogens is 296 g/mol. The third kappa shape index (κ3) is 5.15. The quantitative estimate of drug-likeness (QED) is 0.671. The highest BCUT2D eigenvalue weighted by molar-refractivity contribution is 5.54. The first-order valence-electron chi connectivity index (χ1n) is 7.70. The van der Waals surface area contributed by atoms with E-state index in [0.29, 0.717) is 30.3 Å². The van der Waals surface area contributed by atoms with Crippen molar-refractivity contribution >= 4 is 0 Å². The standard InChI is InChI=1S/C18H28O5/c1-7-9-13-10-14(20-5)17(15(11-13)21-6)22-12-16(19)18(3,4)23-8-2/h7,10-11,16,19H,1,8-9,12H2,2-6H3/t16-/m0/s1. The average Bonchev–Trinajstić information content (AvgIpc) is 2.52. The van der Waals surface area contributed by atoms with E-state index in [1.807, 2.05) is 39.0 Å². The van der Waals surface area contributed by atoms with E-state index >= 15 is 0 Å². The molecule has 0 saturated carbocycles. The van der Waals surface area contributed by atoms with Crippen molar-refractivity contribution in [2.24, 2.45) is 0 Å². The molecule has 1 aromatic carbocycles. The van der Waals surface area contributed by atoms with Gasteiger partial charge in [-0.05, 0) is 44.9 Å². The molecule has 0 heterocycles. The van der Waals surface area contributed by atoms with E-state index in [2.05, 4.69) is 6.58 Å². The summed E-state index contributed by atoms with van der Waals surface area (Å²) in [5, 5.41) is 10.3. The second kappa shape index (κ2) is 8.79. The molecule has 1 N–H and O–H groups in total. The van der Waals surface area contributed by atoms with Crippen LogP contribution in [0.5, 0.6) is 17.2 Å². The Hall–Kier alpha value is -1.72. The number of methoxy groups -OCH3 is 2. The molecule has 23 heavy (non-hydrogen) atoms. The molecule has 0 aromatic heterocycles. The van der Waals surface area contributed by atoms with Crippen molar-refractivity contribution in [1.29, 1.82) is 0 Å². The van der Waals surface area contributed by atoms with Crippen LogP contribution >= 0.6 is 0 Å². The number of hydrogen-bond acceptors (Lipinski definition) is 5. The van der Waals surface area contributed by atoms with Gasteiger partial charge < -0.3 is 24.1 Å². The van der Waals surface area contributed by atoms with Crippen LogP contribution in [-0.2, 0) is 11.2 Å². The minimum atomic E-state index is -0.787. The van der Waals surface area contributed by atoms with Crippen LogP contribution in [0.15, 0.2) is 24.8 Å². The lowest BCUT2D eigenvalue weighted by Gasteiger charge is -2.30. The number of aliphatic hydroxyl groups excluding tert-OH is 1. The molecule has 0 bridgehead atoms. The molecule has 0 spiro atoms. The van der Waals surface area contributed by atoms with Crippen molar-refractivity contribution in [3.05, 3.63) is 30.4 Å². The number of aliphatic hydroxyl groups is 1. The monoisotopic (exact) mass is 324 g/mol. The summed E-state index contributed by atoms with van der Waals surface area (Å²) in [7, 11) is 3.14. The number of benzene rings is 1. The van der Waals surface area contributed by atoms with Crippen LogP contribution in [0, 0.1) is 0 Å². The Morgan fingerprint density at radius 2 is 1.78 bits per heavy atom. The molecule has 5 nitrogen and oxygen atoms in total. The van der Waals surface area contributed by atoms with Gasteiger partial charge in [0.2, 0.25) is 5.75 Å². The predicted octanol–water partition coefficient (Wildman–Crippen LogP) is 2.99. The maximum atomic E-state index is 10.3. The summed E-state index contributed by atoms with van der Waals surface area (Å²) >= 11 is 0. The summed E-state index contributed by atoms with van der Waals surface area (Å²) in [4.78, 5) is 0. The molecule has 130 valence electrons. The molecule has 1 rings (SSSR count). The van der Waals surface area contributed by atoms with Gasteiger partial charge in [0.05, 0.1) is 19.8 Å². The fourth-order valence-electron chi connectivity index (χ4n) is 2.19. The van der Waals surface area contributed by atoms with E-state index in [9.17, 15) is 5.11 Å². The molecule has 0 amide bonds. The van der Waals surface area contributed by atoms with Crippen molar-refractivity contribution in [2.75, 3.05) is 27.4 Å². The Balaban J connectivity index is 2.96. The van der Waals surface area contributed by atoms with Crippen LogP contribution in [0.2, 0.25) is 0 Å². The van der Waals surface area contributed by atoms with Gasteiger partial charge in [-0.15, -0.1) is 6.58 Å². The third-order valence-electron chi connectivity index (χ3n) is 3.60. The number of allylic oxidation sites excluding steroid dienone is 1. The molecule has 0 saturated heterocycles. The summed E-state index contributed by atoms with van der Waals surface area (Å²) in [6.45, 7) is 9.86. The Morgan fingerprint density at radius 1 is 1.22 bits per heavy atom. The second-order valence-corrected chi connectivity index (χ2v) is 5.69. The number of ether oxygens (including phenoxy) is 4. The first-order chi connectivity index (χ1) is 10.9. The van der Waals surface area contributed by atoms with Crippen molar-refractivity contribution in [3.63, 3.8) is 0 Å². The minimum absolute atomic E-state index is 0.0700. The van der Waals surface area contributed by atoms with Crippen LogP contribution in [0.3, 0.4) is 0 Å². The van der Waals surface area contributed by atoms with Gasteiger partial charge in [-0.1, -0.05) is 6.08 Å². The van der Waals surface area contributed by atoms with Gasteiger partial charge in [0, 0.05) is 6.61 Å². The molecule has 0 aliphatic carbocycles. The minimum Gasteiger partial charge on any atom is -0.493 e. The topological polar surface area (TPSA) is 57.2 Å². The highest BCUT2D eigenvalue weighted by Gasteiger charge is 2.29. The SMILES string of the molecule is C=CCc1cc(OC)c(OC[C@H](O)C(C)(C)OCC)c(OC)c1. The number of hydrogen-bond donors (Lipinski definition) is 1. The zero-order chi connectivity index (χ0) is 17.5. The van der Waals surface area contributed by atoms with E-state index in [1.165, 1.54) is 0 Å². The summed E-state index contributed by atoms with van der Waals surface area (Å²) < 4.78 is 22.1. The van der Waals surface area contributed by atoms with Crippen LogP contribution in [0.25, 0.3) is 0 Å². The molecule has 0 radical (unpaired) electrons. The third-order valence-corrected chi connectivity index (χ3v) is 3.60. The molecule has 0 aliphatic heterocycles. The Morgan fingerprint density at radius 3 is 2.22 bits per heavy atom. The fourth-order valence-corrected chi connectivity index (χ4v) is 2.19. The zero-order valence-corrected chi connectivity index (χ0v) is 14.7. The van der Waals surface area contributed by atoms with Crippen molar-refractivity contribution in [3.8, 4) is 17.2 Å². The fraction of sp³-hybridized carbons (Fsp3) is 0.556. The van der Waals surface area contributed by atoms with E-state index in [1.54, 1.807) is 14.2 Å². The summed E-state index contributed by atoms with van der Waals surface area (Å²) in [6.07, 6.45) is 1.72. The van der Waals surface area contributed by atoms with E-state index in [4.69, 9.17) is 18.9 Å². The lowest BCUT2D eigenvalue weighted by Crippen LogP contribution is -2.42. The second-order valence-electron chi connectivity index (χ2n) is 5.69. The summed E-state index contributed by atoms with van der Waals surface area (Å²) in [6, 6.07) is 3.75. The molecule has 1 aromatic rings. The smallest absolute Gasteiger partial charge is 0.203 e. The van der Waals surface area contributed by atoms with E-state index in [0.717, 1.165) is 5.56 Å². The molecular formula is C18H28O5. The predicted molar refractivity (Wildman–Crippen MR) is 90.7 cm³/mol. The van der Waals surface area contributed by atoms with Crippen molar-refractivity contribution < 1.29 is 24.1 Å². The zero-order valence-electron chi connectivity index (χ0n) is 14.7. The van der Waals surface area contributed by atoms with Gasteiger partial charge in [0.25, 0.3) is 0 Å². The van der Waals surface area contributed by atoms with E-state index < -0.39 is 11.7 Å². The summed E-state index contributed by atoms with van der Waals surface area (Å²) in [5.41, 5.74) is 0.314. The van der Waals surface area contributed by atoms with Gasteiger partial charge in [-0.25, -0.2) is 0 Å². The normalized spacial score (nSPS) is 12.6. The van der Waals surface area contributed by atoms with Gasteiger partial charge in [-0.2, -0.15) is 0 Å². The average molecular weight is 324 g/mol. The Bertz CT molecular complexity index is 485. The highest BCUT2D eigenvalue weighted by atomic mass is 16.6. The first-order valence-corrected chi connectivity index (χ1v) is 7.70. The number of rotatable bonds is 10. The van der Waals surface area contributed by atoms with E-state index in [-0.39, 0.29) is 6.61 Å². The van der Waals surface area contributed by atoms with Crippen molar-refractivity contribution in [2.45, 2.75) is 38.9 Å².